The van der Waals surface area contributed by atoms with E-state index >= 15 is 0 Å². The molecule has 0 bridgehead atoms. The zero-order valence-electron chi connectivity index (χ0n) is 12.3. The SMILES string of the molecule is Cc1cscc1CNS(=O)(=O)c1ccc(CNC(C)C)s1. The molecule has 4 nitrogen and oxygen atoms in total. The van der Waals surface area contributed by atoms with Crippen molar-refractivity contribution in [3.05, 3.63) is 38.9 Å². The molecular weight excluding hydrogens is 324 g/mol. The van der Waals surface area contributed by atoms with Gasteiger partial charge in [-0.2, -0.15) is 11.3 Å². The Hall–Kier alpha value is -0.730. The van der Waals surface area contributed by atoms with Crippen molar-refractivity contribution < 1.29 is 8.42 Å². The van der Waals surface area contributed by atoms with Crippen molar-refractivity contribution in [2.24, 2.45) is 0 Å². The number of thiophene rings is 2. The standard InChI is InChI=1S/C14H20N2O2S3/c1-10(2)15-7-13-4-5-14(20-13)21(17,18)16-6-12-9-19-8-11(12)3/h4-5,8-10,15-16H,6-7H2,1-3H3. The summed E-state index contributed by atoms with van der Waals surface area (Å²) >= 11 is 2.90. The van der Waals surface area contributed by atoms with E-state index in [1.54, 1.807) is 17.4 Å². The maximum absolute atomic E-state index is 12.3. The molecule has 7 heteroatoms. The first kappa shape index (κ1) is 16.6. The maximum Gasteiger partial charge on any atom is 0.250 e. The Kier molecular flexibility index (Phi) is 5.56. The summed E-state index contributed by atoms with van der Waals surface area (Å²) in [7, 11) is -3.43. The van der Waals surface area contributed by atoms with Gasteiger partial charge >= 0.3 is 0 Å². The fraction of sp³-hybridized carbons (Fsp3) is 0.429. The predicted molar refractivity (Wildman–Crippen MR) is 89.4 cm³/mol. The molecule has 2 aromatic rings. The van der Waals surface area contributed by atoms with E-state index in [1.807, 2.05) is 23.8 Å². The normalized spacial score (nSPS) is 12.2. The van der Waals surface area contributed by atoms with Crippen molar-refractivity contribution in [1.82, 2.24) is 10.0 Å². The van der Waals surface area contributed by atoms with Gasteiger partial charge in [0, 0.05) is 24.0 Å². The summed E-state index contributed by atoms with van der Waals surface area (Å²) in [6.07, 6.45) is 0. The van der Waals surface area contributed by atoms with E-state index in [2.05, 4.69) is 23.9 Å². The van der Waals surface area contributed by atoms with Gasteiger partial charge in [0.1, 0.15) is 4.21 Å². The van der Waals surface area contributed by atoms with E-state index in [-0.39, 0.29) is 0 Å². The Bertz CT molecular complexity index is 687. The Morgan fingerprint density at radius 2 is 1.95 bits per heavy atom. The molecule has 2 rings (SSSR count). The van der Waals surface area contributed by atoms with Crippen LogP contribution >= 0.6 is 22.7 Å². The lowest BCUT2D eigenvalue weighted by molar-refractivity contribution is 0.583. The molecule has 0 unspecified atom stereocenters. The van der Waals surface area contributed by atoms with Crippen LogP contribution in [0.25, 0.3) is 0 Å². The summed E-state index contributed by atoms with van der Waals surface area (Å²) in [5.41, 5.74) is 2.15. The molecular formula is C14H20N2O2S3. The molecule has 0 radical (unpaired) electrons. The third kappa shape index (κ3) is 4.62. The molecule has 0 aliphatic carbocycles. The Morgan fingerprint density at radius 1 is 1.19 bits per heavy atom. The smallest absolute Gasteiger partial charge is 0.250 e. The zero-order valence-corrected chi connectivity index (χ0v) is 14.8. The van der Waals surface area contributed by atoms with Gasteiger partial charge in [0.25, 0.3) is 0 Å². The molecule has 21 heavy (non-hydrogen) atoms. The number of rotatable bonds is 7. The van der Waals surface area contributed by atoms with E-state index in [1.165, 1.54) is 11.3 Å². The van der Waals surface area contributed by atoms with E-state index in [0.29, 0.717) is 23.3 Å². The molecule has 0 atom stereocenters. The highest BCUT2D eigenvalue weighted by molar-refractivity contribution is 7.91. The molecule has 0 saturated carbocycles. The van der Waals surface area contributed by atoms with Gasteiger partial charge in [-0.25, -0.2) is 13.1 Å². The monoisotopic (exact) mass is 344 g/mol. The van der Waals surface area contributed by atoms with Crippen LogP contribution < -0.4 is 10.0 Å². The van der Waals surface area contributed by atoms with Gasteiger partial charge in [0.15, 0.2) is 0 Å². The predicted octanol–water partition coefficient (Wildman–Crippen LogP) is 3.09. The van der Waals surface area contributed by atoms with E-state index in [9.17, 15) is 8.42 Å². The quantitative estimate of drug-likeness (QED) is 0.811. The van der Waals surface area contributed by atoms with Gasteiger partial charge < -0.3 is 5.32 Å². The minimum atomic E-state index is -3.43. The summed E-state index contributed by atoms with van der Waals surface area (Å²) in [6.45, 7) is 7.16. The average Bonchev–Trinajstić information content (AvgIpc) is 3.03. The Labute approximate surface area is 134 Å². The number of hydrogen-bond acceptors (Lipinski definition) is 5. The van der Waals surface area contributed by atoms with Crippen LogP contribution in [-0.2, 0) is 23.1 Å². The van der Waals surface area contributed by atoms with Crippen LogP contribution in [0.3, 0.4) is 0 Å². The third-order valence-electron chi connectivity index (χ3n) is 3.00. The fourth-order valence-electron chi connectivity index (χ4n) is 1.71. The van der Waals surface area contributed by atoms with Gasteiger partial charge in [-0.15, -0.1) is 11.3 Å². The first-order valence-electron chi connectivity index (χ1n) is 6.72. The molecule has 0 amide bonds. The highest BCUT2D eigenvalue weighted by atomic mass is 32.2. The zero-order chi connectivity index (χ0) is 15.5. The third-order valence-corrected chi connectivity index (χ3v) is 6.89. The number of hydrogen-bond donors (Lipinski definition) is 2. The van der Waals surface area contributed by atoms with E-state index in [0.717, 1.165) is 16.0 Å². The van der Waals surface area contributed by atoms with Crippen LogP contribution in [0.15, 0.2) is 27.1 Å². The second kappa shape index (κ2) is 7.02. The largest absolute Gasteiger partial charge is 0.310 e. The van der Waals surface area contributed by atoms with Gasteiger partial charge in [-0.3, -0.25) is 0 Å². The lowest BCUT2D eigenvalue weighted by atomic mass is 10.2. The molecule has 0 saturated heterocycles. The molecule has 2 aromatic heterocycles. The average molecular weight is 345 g/mol. The van der Waals surface area contributed by atoms with Crippen molar-refractivity contribution >= 4 is 32.7 Å². The highest BCUT2D eigenvalue weighted by Gasteiger charge is 2.17. The van der Waals surface area contributed by atoms with Gasteiger partial charge in [-0.1, -0.05) is 13.8 Å². The molecule has 0 aliphatic heterocycles. The minimum Gasteiger partial charge on any atom is -0.310 e. The molecule has 0 aromatic carbocycles. The first-order valence-corrected chi connectivity index (χ1v) is 9.96. The van der Waals surface area contributed by atoms with Gasteiger partial charge in [-0.05, 0) is 40.9 Å². The number of nitrogens with one attached hydrogen (secondary N) is 2. The second-order valence-electron chi connectivity index (χ2n) is 5.16. The summed E-state index contributed by atoms with van der Waals surface area (Å²) in [5, 5.41) is 7.28. The van der Waals surface area contributed by atoms with Crippen LogP contribution in [0.4, 0.5) is 0 Å². The topological polar surface area (TPSA) is 58.2 Å². The minimum absolute atomic E-state index is 0.342. The molecule has 0 aliphatic rings. The number of sulfonamides is 1. The molecule has 0 fully saturated rings. The van der Waals surface area contributed by atoms with Crippen LogP contribution in [0.2, 0.25) is 0 Å². The van der Waals surface area contributed by atoms with Crippen LogP contribution in [0.5, 0.6) is 0 Å². The summed E-state index contributed by atoms with van der Waals surface area (Å²) in [6, 6.07) is 3.92. The lowest BCUT2D eigenvalue weighted by Gasteiger charge is -2.06. The van der Waals surface area contributed by atoms with Crippen molar-refractivity contribution in [2.75, 3.05) is 0 Å². The van der Waals surface area contributed by atoms with Crippen LogP contribution in [0, 0.1) is 6.92 Å². The van der Waals surface area contributed by atoms with E-state index < -0.39 is 10.0 Å². The number of aryl methyl sites for hydroxylation is 1. The summed E-state index contributed by atoms with van der Waals surface area (Å²) < 4.78 is 27.6. The van der Waals surface area contributed by atoms with Crippen molar-refractivity contribution in [1.29, 1.82) is 0 Å². The molecule has 2 heterocycles. The molecule has 116 valence electrons. The van der Waals surface area contributed by atoms with Crippen molar-refractivity contribution in [2.45, 2.75) is 44.1 Å². The first-order chi connectivity index (χ1) is 9.88. The summed E-state index contributed by atoms with van der Waals surface area (Å²) in [5.74, 6) is 0. The Balaban J connectivity index is 2.01. The summed E-state index contributed by atoms with van der Waals surface area (Å²) in [4.78, 5) is 1.02. The fourth-order valence-corrected chi connectivity index (χ4v) is 4.93. The second-order valence-corrected chi connectivity index (χ2v) is 9.07. The molecule has 2 N–H and O–H groups in total. The van der Waals surface area contributed by atoms with Crippen molar-refractivity contribution in [3.8, 4) is 0 Å². The highest BCUT2D eigenvalue weighted by Crippen LogP contribution is 2.22. The van der Waals surface area contributed by atoms with Gasteiger partial charge in [0.05, 0.1) is 0 Å². The van der Waals surface area contributed by atoms with E-state index in [4.69, 9.17) is 0 Å². The van der Waals surface area contributed by atoms with Crippen LogP contribution in [0.1, 0.15) is 29.9 Å². The van der Waals surface area contributed by atoms with Crippen LogP contribution in [-0.4, -0.2) is 14.5 Å². The van der Waals surface area contributed by atoms with Gasteiger partial charge in [0.2, 0.25) is 10.0 Å². The maximum atomic E-state index is 12.3. The Morgan fingerprint density at radius 3 is 2.57 bits per heavy atom. The van der Waals surface area contributed by atoms with Crippen molar-refractivity contribution in [3.63, 3.8) is 0 Å². The molecule has 0 spiro atoms. The lowest BCUT2D eigenvalue weighted by Crippen LogP contribution is -2.22.